The molecule has 3 aromatic carbocycles. The van der Waals surface area contributed by atoms with Crippen molar-refractivity contribution in [3.63, 3.8) is 0 Å². The molecule has 0 heterocycles. The lowest BCUT2D eigenvalue weighted by Gasteiger charge is -2.34. The molecule has 0 fully saturated rings. The maximum absolute atomic E-state index is 14.1. The summed E-state index contributed by atoms with van der Waals surface area (Å²) in [7, 11) is -4.23. The molecule has 2 amide bonds. The van der Waals surface area contributed by atoms with Crippen LogP contribution in [-0.4, -0.2) is 43.8 Å². The normalized spacial score (nSPS) is 12.8. The van der Waals surface area contributed by atoms with Crippen molar-refractivity contribution in [2.75, 3.05) is 10.8 Å². The van der Waals surface area contributed by atoms with E-state index in [1.54, 1.807) is 49.4 Å². The maximum atomic E-state index is 14.1. The van der Waals surface area contributed by atoms with E-state index in [4.69, 9.17) is 34.8 Å². The molecule has 0 bridgehead atoms. The van der Waals surface area contributed by atoms with Gasteiger partial charge in [-0.15, -0.1) is 0 Å². The average Bonchev–Trinajstić information content (AvgIpc) is 2.93. The van der Waals surface area contributed by atoms with Crippen LogP contribution in [0.4, 0.5) is 5.69 Å². The Morgan fingerprint density at radius 3 is 2.08 bits per heavy atom. The summed E-state index contributed by atoms with van der Waals surface area (Å²) in [6.07, 6.45) is 1.03. The van der Waals surface area contributed by atoms with Gasteiger partial charge in [-0.25, -0.2) is 8.42 Å². The van der Waals surface area contributed by atoms with Gasteiger partial charge in [0.15, 0.2) is 0 Å². The van der Waals surface area contributed by atoms with Crippen LogP contribution in [0.3, 0.4) is 0 Å². The van der Waals surface area contributed by atoms with E-state index in [1.165, 1.54) is 35.2 Å². The van der Waals surface area contributed by atoms with Gasteiger partial charge in [-0.2, -0.15) is 0 Å². The first-order valence-corrected chi connectivity index (χ1v) is 15.4. The molecule has 40 heavy (non-hydrogen) atoms. The fourth-order valence-electron chi connectivity index (χ4n) is 4.06. The monoisotopic (exact) mass is 623 g/mol. The highest BCUT2D eigenvalue weighted by Crippen LogP contribution is 2.33. The smallest absolute Gasteiger partial charge is 0.264 e. The first-order chi connectivity index (χ1) is 19.0. The number of rotatable bonds is 12. The van der Waals surface area contributed by atoms with Gasteiger partial charge in [0.1, 0.15) is 12.6 Å². The molecule has 0 saturated heterocycles. The minimum atomic E-state index is -4.23. The molecule has 0 spiro atoms. The summed E-state index contributed by atoms with van der Waals surface area (Å²) in [6.45, 7) is 5.10. The molecular weight excluding hydrogens is 593 g/mol. The minimum absolute atomic E-state index is 0.0142. The van der Waals surface area contributed by atoms with Gasteiger partial charge in [0.05, 0.1) is 15.6 Å². The minimum Gasteiger partial charge on any atom is -0.352 e. The van der Waals surface area contributed by atoms with Gasteiger partial charge < -0.3 is 10.2 Å². The molecule has 0 radical (unpaired) electrons. The van der Waals surface area contributed by atoms with Gasteiger partial charge in [-0.3, -0.25) is 13.9 Å². The fraction of sp³-hybridized carbons (Fsp3) is 0.310. The average molecular weight is 625 g/mol. The van der Waals surface area contributed by atoms with Crippen LogP contribution in [0.25, 0.3) is 0 Å². The van der Waals surface area contributed by atoms with Crippen molar-refractivity contribution in [1.29, 1.82) is 0 Å². The molecular formula is C29H32Cl3N3O4S. The quantitative estimate of drug-likeness (QED) is 0.247. The molecule has 0 aliphatic heterocycles. The molecule has 0 aromatic heterocycles. The van der Waals surface area contributed by atoms with Crippen molar-refractivity contribution in [3.05, 3.63) is 93.4 Å². The molecule has 11 heteroatoms. The molecule has 2 atom stereocenters. The number of hydrogen-bond donors (Lipinski definition) is 1. The zero-order chi connectivity index (χ0) is 29.4. The molecule has 0 saturated carbocycles. The zero-order valence-corrected chi connectivity index (χ0v) is 25.6. The Morgan fingerprint density at radius 1 is 0.875 bits per heavy atom. The van der Waals surface area contributed by atoms with E-state index >= 15 is 0 Å². The Hall–Kier alpha value is -2.78. The second-order valence-electron chi connectivity index (χ2n) is 9.31. The lowest BCUT2D eigenvalue weighted by molar-refractivity contribution is -0.140. The summed E-state index contributed by atoms with van der Waals surface area (Å²) in [5, 5.41) is 3.85. The van der Waals surface area contributed by atoms with Crippen molar-refractivity contribution in [1.82, 2.24) is 10.2 Å². The molecule has 2 unspecified atom stereocenters. The van der Waals surface area contributed by atoms with Crippen LogP contribution in [-0.2, 0) is 26.2 Å². The summed E-state index contributed by atoms with van der Waals surface area (Å²) < 4.78 is 28.7. The van der Waals surface area contributed by atoms with Crippen LogP contribution < -0.4 is 9.62 Å². The lowest BCUT2D eigenvalue weighted by atomic mass is 10.1. The number of halogens is 3. The molecule has 3 rings (SSSR count). The zero-order valence-electron chi connectivity index (χ0n) is 22.5. The molecule has 3 aromatic rings. The van der Waals surface area contributed by atoms with Crippen LogP contribution in [0.1, 0.15) is 39.2 Å². The number of carbonyl (C=O) groups is 2. The summed E-state index contributed by atoms with van der Waals surface area (Å²) in [5.74, 6) is -0.896. The molecule has 7 nitrogen and oxygen atoms in total. The lowest BCUT2D eigenvalue weighted by Crippen LogP contribution is -2.53. The van der Waals surface area contributed by atoms with Crippen LogP contribution >= 0.6 is 34.8 Å². The number of benzene rings is 3. The van der Waals surface area contributed by atoms with E-state index in [9.17, 15) is 18.0 Å². The highest BCUT2D eigenvalue weighted by molar-refractivity contribution is 7.92. The van der Waals surface area contributed by atoms with Crippen molar-refractivity contribution in [3.8, 4) is 0 Å². The molecule has 0 aliphatic carbocycles. The fourth-order valence-corrected chi connectivity index (χ4v) is 6.20. The first-order valence-electron chi connectivity index (χ1n) is 12.8. The number of anilines is 1. The Labute approximate surface area is 251 Å². The van der Waals surface area contributed by atoms with Crippen molar-refractivity contribution in [2.45, 2.75) is 57.1 Å². The second kappa shape index (κ2) is 14.2. The van der Waals surface area contributed by atoms with E-state index in [0.717, 1.165) is 9.87 Å². The molecule has 214 valence electrons. The van der Waals surface area contributed by atoms with E-state index < -0.39 is 28.5 Å². The highest BCUT2D eigenvalue weighted by Gasteiger charge is 2.34. The standard InChI is InChI=1S/C29H32Cl3N3O4S/c1-4-20(3)33-29(37)26(5-2)34(18-21-11-13-22(30)14-12-21)28(36)19-35(27-16-15-23(31)17-25(27)32)40(38,39)24-9-7-6-8-10-24/h6-17,20,26H,4-5,18-19H2,1-3H3,(H,33,37). The summed E-state index contributed by atoms with van der Waals surface area (Å²) in [4.78, 5) is 28.8. The maximum Gasteiger partial charge on any atom is 0.264 e. The van der Waals surface area contributed by atoms with Gasteiger partial charge in [0.25, 0.3) is 10.0 Å². The predicted octanol–water partition coefficient (Wildman–Crippen LogP) is 6.56. The summed E-state index contributed by atoms with van der Waals surface area (Å²) in [6, 6.07) is 18.1. The van der Waals surface area contributed by atoms with E-state index in [1.807, 2.05) is 13.8 Å². The Morgan fingerprint density at radius 2 is 1.50 bits per heavy atom. The molecule has 0 aliphatic rings. The number of nitrogens with zero attached hydrogens (tertiary/aromatic N) is 2. The third-order valence-corrected chi connectivity index (χ3v) is 9.01. The summed E-state index contributed by atoms with van der Waals surface area (Å²) in [5.41, 5.74) is 0.821. The van der Waals surface area contributed by atoms with Crippen molar-refractivity contribution in [2.24, 2.45) is 0 Å². The van der Waals surface area contributed by atoms with Gasteiger partial charge in [0.2, 0.25) is 11.8 Å². The number of hydrogen-bond acceptors (Lipinski definition) is 4. The SMILES string of the molecule is CCC(C)NC(=O)C(CC)N(Cc1ccc(Cl)cc1)C(=O)CN(c1ccc(Cl)cc1Cl)S(=O)(=O)c1ccccc1. The Bertz CT molecular complexity index is 1420. The van der Waals surface area contributed by atoms with Crippen LogP contribution in [0.5, 0.6) is 0 Å². The van der Waals surface area contributed by atoms with Gasteiger partial charge in [-0.05, 0) is 67.8 Å². The van der Waals surface area contributed by atoms with Crippen molar-refractivity contribution < 1.29 is 18.0 Å². The predicted molar refractivity (Wildman–Crippen MR) is 161 cm³/mol. The second-order valence-corrected chi connectivity index (χ2v) is 12.5. The number of sulfonamides is 1. The number of nitrogens with one attached hydrogen (secondary N) is 1. The Balaban J connectivity index is 2.07. The van der Waals surface area contributed by atoms with Crippen LogP contribution in [0, 0.1) is 0 Å². The summed E-state index contributed by atoms with van der Waals surface area (Å²) >= 11 is 18.6. The first kappa shape index (κ1) is 31.7. The van der Waals surface area contributed by atoms with E-state index in [2.05, 4.69) is 5.32 Å². The van der Waals surface area contributed by atoms with E-state index in [-0.39, 0.29) is 34.1 Å². The third kappa shape index (κ3) is 7.91. The van der Waals surface area contributed by atoms with Gasteiger partial charge >= 0.3 is 0 Å². The van der Waals surface area contributed by atoms with E-state index in [0.29, 0.717) is 22.9 Å². The third-order valence-electron chi connectivity index (χ3n) is 6.44. The number of amides is 2. The van der Waals surface area contributed by atoms with Crippen molar-refractivity contribution >= 4 is 62.3 Å². The van der Waals surface area contributed by atoms with Crippen LogP contribution in [0.15, 0.2) is 77.7 Å². The number of carbonyl (C=O) groups excluding carboxylic acids is 2. The van der Waals surface area contributed by atoms with Gasteiger partial charge in [0, 0.05) is 22.6 Å². The van der Waals surface area contributed by atoms with Crippen LogP contribution in [0.2, 0.25) is 15.1 Å². The highest BCUT2D eigenvalue weighted by atomic mass is 35.5. The van der Waals surface area contributed by atoms with Gasteiger partial charge in [-0.1, -0.05) is 79.0 Å². The Kier molecular flexibility index (Phi) is 11.3. The topological polar surface area (TPSA) is 86.8 Å². The largest absolute Gasteiger partial charge is 0.352 e. The molecule has 1 N–H and O–H groups in total.